The maximum absolute atomic E-state index is 11.8. The molecule has 0 fully saturated rings. The zero-order valence-corrected chi connectivity index (χ0v) is 18.0. The van der Waals surface area contributed by atoms with Crippen molar-refractivity contribution < 1.29 is 28.5 Å². The largest absolute Gasteiger partial charge is 0.489 e. The highest BCUT2D eigenvalue weighted by Crippen LogP contribution is 2.19. The molecule has 0 aliphatic rings. The Kier molecular flexibility index (Phi) is 10.9. The molecule has 32 heavy (non-hydrogen) atoms. The lowest BCUT2D eigenvalue weighted by molar-refractivity contribution is -0.140. The summed E-state index contributed by atoms with van der Waals surface area (Å²) < 4.78 is 21.4. The fourth-order valence-corrected chi connectivity index (χ4v) is 2.76. The van der Waals surface area contributed by atoms with Gasteiger partial charge in [0.2, 0.25) is 0 Å². The van der Waals surface area contributed by atoms with E-state index in [9.17, 15) is 9.59 Å². The number of hydrogen-bond donors (Lipinski definition) is 0. The van der Waals surface area contributed by atoms with E-state index in [1.54, 1.807) is 12.2 Å². The van der Waals surface area contributed by atoms with Crippen LogP contribution in [0.15, 0.2) is 86.0 Å². The van der Waals surface area contributed by atoms with Crippen molar-refractivity contribution >= 4 is 11.9 Å². The second kappa shape index (κ2) is 14.2. The molecule has 0 N–H and O–H groups in total. The number of ether oxygens (including phenoxy) is 4. The van der Waals surface area contributed by atoms with E-state index < -0.39 is 11.9 Å². The minimum atomic E-state index is -0.616. The molecule has 0 heterocycles. The van der Waals surface area contributed by atoms with Crippen LogP contribution in [-0.2, 0) is 31.9 Å². The molecule has 0 saturated carbocycles. The van der Waals surface area contributed by atoms with E-state index in [4.69, 9.17) is 18.9 Å². The Hall–Kier alpha value is -3.80. The van der Waals surface area contributed by atoms with Crippen LogP contribution in [0.2, 0.25) is 0 Å². The van der Waals surface area contributed by atoms with Crippen LogP contribution in [0, 0.1) is 0 Å². The normalized spacial score (nSPS) is 10.4. The summed E-state index contributed by atoms with van der Waals surface area (Å²) in [6.07, 6.45) is 6.43. The summed E-state index contributed by atoms with van der Waals surface area (Å²) in [5.41, 5.74) is 1.84. The first-order valence-electron chi connectivity index (χ1n) is 10.3. The molecule has 0 aliphatic heterocycles. The van der Waals surface area contributed by atoms with Crippen molar-refractivity contribution in [1.82, 2.24) is 0 Å². The van der Waals surface area contributed by atoms with Gasteiger partial charge in [-0.05, 0) is 23.3 Å². The molecule has 0 atom stereocenters. The lowest BCUT2D eigenvalue weighted by Gasteiger charge is -2.10. The molecule has 0 saturated heterocycles. The quantitative estimate of drug-likeness (QED) is 0.251. The monoisotopic (exact) mass is 436 g/mol. The van der Waals surface area contributed by atoms with Crippen LogP contribution in [0.1, 0.15) is 11.1 Å². The summed E-state index contributed by atoms with van der Waals surface area (Å²) in [6, 6.07) is 15.0. The maximum Gasteiger partial charge on any atom is 0.331 e. The van der Waals surface area contributed by atoms with Crippen molar-refractivity contribution in [3.63, 3.8) is 0 Å². The number of para-hydroxylation sites is 2. The van der Waals surface area contributed by atoms with Crippen molar-refractivity contribution in [3.8, 4) is 11.5 Å². The highest BCUT2D eigenvalue weighted by Gasteiger charge is 2.07. The molecule has 0 radical (unpaired) electrons. The summed E-state index contributed by atoms with van der Waals surface area (Å²) in [6.45, 7) is 8.37. The first-order chi connectivity index (χ1) is 15.6. The van der Waals surface area contributed by atoms with Gasteiger partial charge in [0.15, 0.2) is 0 Å². The first-order valence-corrected chi connectivity index (χ1v) is 10.3. The number of carbonyl (C=O) groups excluding carboxylic acids is 2. The van der Waals surface area contributed by atoms with Gasteiger partial charge in [0.1, 0.15) is 24.7 Å². The minimum Gasteiger partial charge on any atom is -0.489 e. The van der Waals surface area contributed by atoms with Crippen LogP contribution in [0.25, 0.3) is 0 Å². The van der Waals surface area contributed by atoms with Crippen LogP contribution in [0.5, 0.6) is 11.5 Å². The molecule has 2 aromatic carbocycles. The topological polar surface area (TPSA) is 71.1 Å². The third-order valence-electron chi connectivity index (χ3n) is 4.25. The van der Waals surface area contributed by atoms with Gasteiger partial charge in [0.25, 0.3) is 0 Å². The summed E-state index contributed by atoms with van der Waals surface area (Å²) in [5.74, 6) is 0.210. The van der Waals surface area contributed by atoms with Crippen molar-refractivity contribution in [2.45, 2.75) is 12.8 Å². The summed E-state index contributed by atoms with van der Waals surface area (Å²) in [5, 5.41) is 0. The highest BCUT2D eigenvalue weighted by molar-refractivity contribution is 5.91. The molecule has 0 aliphatic carbocycles. The fourth-order valence-electron chi connectivity index (χ4n) is 2.76. The Morgan fingerprint density at radius 1 is 0.688 bits per heavy atom. The van der Waals surface area contributed by atoms with Crippen molar-refractivity contribution in [2.75, 3.05) is 26.4 Å². The molecule has 0 unspecified atom stereocenters. The summed E-state index contributed by atoms with van der Waals surface area (Å²) in [7, 11) is 0. The zero-order valence-electron chi connectivity index (χ0n) is 18.0. The zero-order chi connectivity index (χ0) is 23.0. The summed E-state index contributed by atoms with van der Waals surface area (Å²) >= 11 is 0. The van der Waals surface area contributed by atoms with Gasteiger partial charge < -0.3 is 18.9 Å². The van der Waals surface area contributed by atoms with Crippen LogP contribution < -0.4 is 9.47 Å². The fraction of sp³-hybridized carbons (Fsp3) is 0.231. The number of esters is 2. The molecular weight excluding hydrogens is 408 g/mol. The van der Waals surface area contributed by atoms with E-state index in [0.29, 0.717) is 26.1 Å². The number of benzene rings is 2. The van der Waals surface area contributed by atoms with Gasteiger partial charge in [-0.2, -0.15) is 0 Å². The first kappa shape index (κ1) is 24.5. The third-order valence-corrected chi connectivity index (χ3v) is 4.25. The lowest BCUT2D eigenvalue weighted by Crippen LogP contribution is -2.09. The predicted molar refractivity (Wildman–Crippen MR) is 123 cm³/mol. The standard InChI is InChI=1S/C26H28O6/c1-3-17-29-23-11-7-5-9-21(23)15-19-31-25(27)13-14-26(28)32-20-16-22-10-6-8-12-24(22)30-18-4-2/h3-14H,1-2,15-20H2/b14-13+. The maximum atomic E-state index is 11.8. The molecule has 6 heteroatoms. The molecule has 2 rings (SSSR count). The highest BCUT2D eigenvalue weighted by atomic mass is 16.5. The van der Waals surface area contributed by atoms with E-state index in [2.05, 4.69) is 13.2 Å². The van der Waals surface area contributed by atoms with Gasteiger partial charge in [0, 0.05) is 25.0 Å². The van der Waals surface area contributed by atoms with Crippen LogP contribution in [0.4, 0.5) is 0 Å². The second-order valence-corrected chi connectivity index (χ2v) is 6.58. The predicted octanol–water partition coefficient (Wildman–Crippen LogP) is 4.24. The van der Waals surface area contributed by atoms with Gasteiger partial charge in [-0.1, -0.05) is 61.7 Å². The Bertz CT molecular complexity index is 856. The van der Waals surface area contributed by atoms with Crippen LogP contribution in [0.3, 0.4) is 0 Å². The molecule has 0 aromatic heterocycles. The molecule has 168 valence electrons. The smallest absolute Gasteiger partial charge is 0.331 e. The minimum absolute atomic E-state index is 0.161. The number of carbonyl (C=O) groups is 2. The average molecular weight is 437 g/mol. The van der Waals surface area contributed by atoms with Gasteiger partial charge in [-0.3, -0.25) is 0 Å². The van der Waals surface area contributed by atoms with E-state index in [1.165, 1.54) is 0 Å². The SMILES string of the molecule is C=CCOc1ccccc1CCOC(=O)/C=C/C(=O)OCCc1ccccc1OCC=C. The molecule has 6 nitrogen and oxygen atoms in total. The van der Waals surface area contributed by atoms with Crippen LogP contribution >= 0.6 is 0 Å². The van der Waals surface area contributed by atoms with Crippen molar-refractivity contribution in [2.24, 2.45) is 0 Å². The van der Waals surface area contributed by atoms with Gasteiger partial charge >= 0.3 is 11.9 Å². The van der Waals surface area contributed by atoms with E-state index in [-0.39, 0.29) is 13.2 Å². The van der Waals surface area contributed by atoms with Gasteiger partial charge in [0.05, 0.1) is 13.2 Å². The van der Waals surface area contributed by atoms with E-state index >= 15 is 0 Å². The van der Waals surface area contributed by atoms with E-state index in [1.807, 2.05) is 48.5 Å². The lowest BCUT2D eigenvalue weighted by atomic mass is 10.1. The molecular formula is C26H28O6. The van der Waals surface area contributed by atoms with Crippen molar-refractivity contribution in [3.05, 3.63) is 97.1 Å². The molecule has 2 aromatic rings. The Morgan fingerprint density at radius 2 is 1.09 bits per heavy atom. The van der Waals surface area contributed by atoms with Gasteiger partial charge in [-0.15, -0.1) is 0 Å². The molecule has 0 spiro atoms. The number of rotatable bonds is 14. The summed E-state index contributed by atoms with van der Waals surface area (Å²) in [4.78, 5) is 23.7. The third kappa shape index (κ3) is 8.92. The van der Waals surface area contributed by atoms with E-state index in [0.717, 1.165) is 34.8 Å². The van der Waals surface area contributed by atoms with Crippen molar-refractivity contribution in [1.29, 1.82) is 0 Å². The average Bonchev–Trinajstić information content (AvgIpc) is 2.81. The molecule has 0 amide bonds. The Labute approximate surface area is 188 Å². The van der Waals surface area contributed by atoms with Gasteiger partial charge in [-0.25, -0.2) is 9.59 Å². The van der Waals surface area contributed by atoms with Crippen LogP contribution in [-0.4, -0.2) is 38.4 Å². The Balaban J connectivity index is 1.71. The Morgan fingerprint density at radius 3 is 1.50 bits per heavy atom. The second-order valence-electron chi connectivity index (χ2n) is 6.58. The number of hydrogen-bond acceptors (Lipinski definition) is 6. The molecule has 0 bridgehead atoms.